The minimum Gasteiger partial charge on any atom is -0.466 e. The molecule has 0 spiro atoms. The smallest absolute Gasteiger partial charge is 0.309 e. The first-order valence-electron chi connectivity index (χ1n) is 11.5. The van der Waals surface area contributed by atoms with Gasteiger partial charge in [-0.05, 0) is 50.4 Å². The third-order valence-electron chi connectivity index (χ3n) is 6.85. The van der Waals surface area contributed by atoms with E-state index in [-0.39, 0.29) is 23.8 Å². The fourth-order valence-electron chi connectivity index (χ4n) is 5.25. The van der Waals surface area contributed by atoms with Crippen molar-refractivity contribution in [2.45, 2.75) is 37.6 Å². The van der Waals surface area contributed by atoms with E-state index in [1.165, 1.54) is 0 Å². The molecule has 0 aromatic heterocycles. The van der Waals surface area contributed by atoms with Crippen LogP contribution in [0, 0.1) is 5.92 Å². The molecule has 0 aliphatic carbocycles. The van der Waals surface area contributed by atoms with E-state index in [9.17, 15) is 9.59 Å². The van der Waals surface area contributed by atoms with Crippen LogP contribution in [0.15, 0.2) is 60.7 Å². The summed E-state index contributed by atoms with van der Waals surface area (Å²) in [6, 6.07) is 19.9. The maximum absolute atomic E-state index is 13.8. The highest BCUT2D eigenvalue weighted by molar-refractivity contribution is 5.94. The SMILES string of the molecule is CCOC(=O)C1CCN(CC2CC(c3ccccc3)(c3ccccc3)C(=O)N2OC)CC1. The van der Waals surface area contributed by atoms with Crippen molar-refractivity contribution in [3.05, 3.63) is 71.8 Å². The Kier molecular flexibility index (Phi) is 6.92. The monoisotopic (exact) mass is 436 g/mol. The Morgan fingerprint density at radius 2 is 1.56 bits per heavy atom. The second-order valence-corrected chi connectivity index (χ2v) is 8.64. The topological polar surface area (TPSA) is 59.1 Å². The van der Waals surface area contributed by atoms with E-state index in [4.69, 9.17) is 9.57 Å². The highest BCUT2D eigenvalue weighted by Gasteiger charge is 2.54. The summed E-state index contributed by atoms with van der Waals surface area (Å²) in [6.07, 6.45) is 2.22. The Morgan fingerprint density at radius 3 is 2.06 bits per heavy atom. The van der Waals surface area contributed by atoms with Gasteiger partial charge in [0.05, 0.1) is 25.7 Å². The van der Waals surface area contributed by atoms with Crippen molar-refractivity contribution in [1.29, 1.82) is 0 Å². The van der Waals surface area contributed by atoms with Gasteiger partial charge in [-0.2, -0.15) is 0 Å². The first-order chi connectivity index (χ1) is 15.6. The Bertz CT molecular complexity index is 870. The maximum atomic E-state index is 13.8. The molecule has 1 atom stereocenters. The molecular formula is C26H32N2O4. The van der Waals surface area contributed by atoms with Gasteiger partial charge in [-0.15, -0.1) is 0 Å². The van der Waals surface area contributed by atoms with E-state index in [1.807, 2.05) is 67.6 Å². The number of amides is 1. The van der Waals surface area contributed by atoms with Gasteiger partial charge in [-0.3, -0.25) is 14.4 Å². The summed E-state index contributed by atoms with van der Waals surface area (Å²) in [5, 5.41) is 1.57. The van der Waals surface area contributed by atoms with Crippen LogP contribution in [0.1, 0.15) is 37.3 Å². The number of nitrogens with zero attached hydrogens (tertiary/aromatic N) is 2. The molecule has 6 heteroatoms. The first kappa shape index (κ1) is 22.5. The van der Waals surface area contributed by atoms with Gasteiger partial charge in [0.2, 0.25) is 0 Å². The summed E-state index contributed by atoms with van der Waals surface area (Å²) < 4.78 is 5.19. The van der Waals surface area contributed by atoms with Crippen LogP contribution in [0.2, 0.25) is 0 Å². The van der Waals surface area contributed by atoms with Crippen molar-refractivity contribution < 1.29 is 19.2 Å². The van der Waals surface area contributed by atoms with Crippen molar-refractivity contribution in [3.8, 4) is 0 Å². The maximum Gasteiger partial charge on any atom is 0.309 e. The Hall–Kier alpha value is -2.70. The van der Waals surface area contributed by atoms with E-state index in [1.54, 1.807) is 12.2 Å². The van der Waals surface area contributed by atoms with Gasteiger partial charge in [0, 0.05) is 6.54 Å². The molecule has 0 radical (unpaired) electrons. The molecule has 2 aliphatic rings. The van der Waals surface area contributed by atoms with Gasteiger partial charge >= 0.3 is 5.97 Å². The molecule has 2 aromatic carbocycles. The molecule has 0 saturated carbocycles. The summed E-state index contributed by atoms with van der Waals surface area (Å²) in [5.74, 6) is -0.139. The summed E-state index contributed by atoms with van der Waals surface area (Å²) in [7, 11) is 1.57. The molecule has 1 unspecified atom stereocenters. The van der Waals surface area contributed by atoms with E-state index >= 15 is 0 Å². The van der Waals surface area contributed by atoms with Gasteiger partial charge in [0.25, 0.3) is 5.91 Å². The molecule has 2 aliphatic heterocycles. The molecular weight excluding hydrogens is 404 g/mol. The molecule has 2 saturated heterocycles. The zero-order valence-corrected chi connectivity index (χ0v) is 18.9. The van der Waals surface area contributed by atoms with Gasteiger partial charge in [-0.25, -0.2) is 5.06 Å². The molecule has 4 rings (SSSR count). The van der Waals surface area contributed by atoms with Crippen LogP contribution in [-0.4, -0.2) is 61.2 Å². The standard InChI is InChI=1S/C26H32N2O4/c1-3-32-24(29)20-14-16-27(17-15-20)19-23-18-26(25(30)28(23)31-2,21-10-6-4-7-11-21)22-12-8-5-9-13-22/h4-13,20,23H,3,14-19H2,1-2H3. The second kappa shape index (κ2) is 9.84. The van der Waals surface area contributed by atoms with Gasteiger partial charge in [0.1, 0.15) is 5.41 Å². The van der Waals surface area contributed by atoms with Crippen molar-refractivity contribution in [3.63, 3.8) is 0 Å². The van der Waals surface area contributed by atoms with Gasteiger partial charge in [0.15, 0.2) is 0 Å². The van der Waals surface area contributed by atoms with Crippen molar-refractivity contribution >= 4 is 11.9 Å². The van der Waals surface area contributed by atoms with E-state index in [2.05, 4.69) is 4.90 Å². The molecule has 1 amide bonds. The zero-order valence-electron chi connectivity index (χ0n) is 18.9. The average Bonchev–Trinajstić information content (AvgIpc) is 3.12. The number of hydrogen-bond donors (Lipinski definition) is 0. The Labute approximate surface area is 190 Å². The molecule has 2 heterocycles. The number of benzene rings is 2. The number of carbonyl (C=O) groups excluding carboxylic acids is 2. The number of piperidine rings is 1. The number of carbonyl (C=O) groups is 2. The molecule has 0 bridgehead atoms. The van der Waals surface area contributed by atoms with E-state index in [0.717, 1.165) is 43.6 Å². The lowest BCUT2D eigenvalue weighted by atomic mass is 9.72. The quantitative estimate of drug-likeness (QED) is 0.623. The predicted octanol–water partition coefficient (Wildman–Crippen LogP) is 3.41. The third kappa shape index (κ3) is 4.17. The average molecular weight is 437 g/mol. The molecule has 2 fully saturated rings. The van der Waals surface area contributed by atoms with Crippen LogP contribution < -0.4 is 0 Å². The highest BCUT2D eigenvalue weighted by atomic mass is 16.7. The first-order valence-corrected chi connectivity index (χ1v) is 11.5. The van der Waals surface area contributed by atoms with Gasteiger partial charge < -0.3 is 9.64 Å². The fraction of sp³-hybridized carbons (Fsp3) is 0.462. The summed E-state index contributed by atoms with van der Waals surface area (Å²) in [5.41, 5.74) is 1.20. The Morgan fingerprint density at radius 1 is 1.00 bits per heavy atom. The van der Waals surface area contributed by atoms with Crippen LogP contribution in [0.3, 0.4) is 0 Å². The van der Waals surface area contributed by atoms with Gasteiger partial charge in [-0.1, -0.05) is 60.7 Å². The van der Waals surface area contributed by atoms with Crippen LogP contribution in [0.4, 0.5) is 0 Å². The molecule has 2 aromatic rings. The van der Waals surface area contributed by atoms with Crippen molar-refractivity contribution in [1.82, 2.24) is 9.96 Å². The molecule has 170 valence electrons. The van der Waals surface area contributed by atoms with E-state index < -0.39 is 5.41 Å². The van der Waals surface area contributed by atoms with Crippen molar-refractivity contribution in [2.24, 2.45) is 5.92 Å². The number of esters is 1. The number of likely N-dealkylation sites (tertiary alicyclic amines) is 1. The summed E-state index contributed by atoms with van der Waals surface area (Å²) >= 11 is 0. The largest absolute Gasteiger partial charge is 0.466 e. The van der Waals surface area contributed by atoms with Crippen molar-refractivity contribution in [2.75, 3.05) is 33.4 Å². The predicted molar refractivity (Wildman–Crippen MR) is 122 cm³/mol. The zero-order chi connectivity index (χ0) is 22.6. The number of ether oxygens (including phenoxy) is 1. The third-order valence-corrected chi connectivity index (χ3v) is 6.85. The number of hydroxylamine groups is 2. The minimum absolute atomic E-state index is 0.0243. The number of hydrogen-bond acceptors (Lipinski definition) is 5. The van der Waals surface area contributed by atoms with Crippen LogP contribution in [0.5, 0.6) is 0 Å². The lowest BCUT2D eigenvalue weighted by Gasteiger charge is -2.34. The fourth-order valence-corrected chi connectivity index (χ4v) is 5.25. The summed E-state index contributed by atoms with van der Waals surface area (Å²) in [6.45, 7) is 4.61. The number of rotatable bonds is 7. The second-order valence-electron chi connectivity index (χ2n) is 8.64. The van der Waals surface area contributed by atoms with Crippen LogP contribution in [-0.2, 0) is 24.6 Å². The summed E-state index contributed by atoms with van der Waals surface area (Å²) in [4.78, 5) is 33.9. The van der Waals surface area contributed by atoms with E-state index in [0.29, 0.717) is 13.0 Å². The Balaban J connectivity index is 1.56. The molecule has 6 nitrogen and oxygen atoms in total. The van der Waals surface area contributed by atoms with Crippen LogP contribution >= 0.6 is 0 Å². The molecule has 0 N–H and O–H groups in total. The lowest BCUT2D eigenvalue weighted by Crippen LogP contribution is -2.45. The minimum atomic E-state index is -0.771. The lowest BCUT2D eigenvalue weighted by molar-refractivity contribution is -0.181. The molecule has 32 heavy (non-hydrogen) atoms. The normalized spacial score (nSPS) is 21.6. The van der Waals surface area contributed by atoms with Crippen LogP contribution in [0.25, 0.3) is 0 Å². The highest BCUT2D eigenvalue weighted by Crippen LogP contribution is 2.45.